The van der Waals surface area contributed by atoms with E-state index in [9.17, 15) is 4.79 Å². The van der Waals surface area contributed by atoms with Crippen molar-refractivity contribution >= 4 is 41.3 Å². The zero-order valence-corrected chi connectivity index (χ0v) is 12.5. The van der Waals surface area contributed by atoms with Crippen LogP contribution in [0.4, 0.5) is 0 Å². The minimum absolute atomic E-state index is 0. The molecule has 1 aliphatic heterocycles. The molecule has 18 heavy (non-hydrogen) atoms. The van der Waals surface area contributed by atoms with E-state index in [4.69, 9.17) is 11.6 Å². The van der Waals surface area contributed by atoms with Gasteiger partial charge in [-0.3, -0.25) is 4.79 Å². The van der Waals surface area contributed by atoms with Gasteiger partial charge in [-0.15, -0.1) is 23.7 Å². The number of amides is 1. The zero-order valence-electron chi connectivity index (χ0n) is 10.1. The van der Waals surface area contributed by atoms with Crippen molar-refractivity contribution in [1.82, 2.24) is 10.6 Å². The highest BCUT2D eigenvalue weighted by atomic mass is 35.5. The van der Waals surface area contributed by atoms with Gasteiger partial charge in [0.2, 0.25) is 5.91 Å². The van der Waals surface area contributed by atoms with Crippen LogP contribution in [0.3, 0.4) is 0 Å². The predicted octanol–water partition coefficient (Wildman–Crippen LogP) is 2.48. The summed E-state index contributed by atoms with van der Waals surface area (Å²) in [6.07, 6.45) is 2.96. The van der Waals surface area contributed by atoms with Gasteiger partial charge in [-0.25, -0.2) is 0 Å². The molecule has 2 N–H and O–H groups in total. The van der Waals surface area contributed by atoms with E-state index in [2.05, 4.69) is 10.6 Å². The average Bonchev–Trinajstić information content (AvgIpc) is 2.76. The van der Waals surface area contributed by atoms with Crippen LogP contribution in [0.5, 0.6) is 0 Å². The van der Waals surface area contributed by atoms with E-state index in [1.165, 1.54) is 4.88 Å². The van der Waals surface area contributed by atoms with Gasteiger partial charge in [0.1, 0.15) is 0 Å². The standard InChI is InChI=1S/C12H17ClN2OS.ClH/c13-11-4-3-10(17-11)5-7-15-12(16)9-2-1-6-14-8-9;/h3-4,9,14H,1-2,5-8H2,(H,15,16);1H. The largest absolute Gasteiger partial charge is 0.355 e. The number of rotatable bonds is 4. The molecule has 1 amide bonds. The summed E-state index contributed by atoms with van der Waals surface area (Å²) in [5, 5.41) is 6.25. The predicted molar refractivity (Wildman–Crippen MR) is 78.9 cm³/mol. The van der Waals surface area contributed by atoms with Crippen molar-refractivity contribution in [2.24, 2.45) is 5.92 Å². The molecule has 1 atom stereocenters. The van der Waals surface area contributed by atoms with Gasteiger partial charge >= 0.3 is 0 Å². The molecule has 0 aliphatic carbocycles. The number of nitrogens with one attached hydrogen (secondary N) is 2. The van der Waals surface area contributed by atoms with Gasteiger partial charge in [0.25, 0.3) is 0 Å². The summed E-state index contributed by atoms with van der Waals surface area (Å²) in [7, 11) is 0. The van der Waals surface area contributed by atoms with Gasteiger partial charge < -0.3 is 10.6 Å². The highest BCUT2D eigenvalue weighted by Crippen LogP contribution is 2.21. The molecule has 0 saturated carbocycles. The minimum atomic E-state index is 0. The number of hydrogen-bond donors (Lipinski definition) is 2. The first-order valence-electron chi connectivity index (χ1n) is 5.98. The molecule has 2 rings (SSSR count). The third-order valence-corrected chi connectivity index (χ3v) is 4.26. The fraction of sp³-hybridized carbons (Fsp3) is 0.583. The smallest absolute Gasteiger partial charge is 0.224 e. The molecule has 1 unspecified atom stereocenters. The van der Waals surface area contributed by atoms with Crippen LogP contribution < -0.4 is 10.6 Å². The number of hydrogen-bond acceptors (Lipinski definition) is 3. The lowest BCUT2D eigenvalue weighted by Crippen LogP contribution is -2.41. The SMILES string of the molecule is Cl.O=C(NCCc1ccc(Cl)s1)C1CCCNC1. The molecule has 3 nitrogen and oxygen atoms in total. The van der Waals surface area contributed by atoms with Gasteiger partial charge in [-0.1, -0.05) is 11.6 Å². The Bertz CT molecular complexity index is 378. The van der Waals surface area contributed by atoms with Crippen molar-refractivity contribution in [1.29, 1.82) is 0 Å². The second-order valence-corrected chi connectivity index (χ2v) is 6.09. The maximum Gasteiger partial charge on any atom is 0.224 e. The Morgan fingerprint density at radius 1 is 1.56 bits per heavy atom. The second kappa shape index (κ2) is 8.00. The lowest BCUT2D eigenvalue weighted by Gasteiger charge is -2.21. The molecular formula is C12H18Cl2N2OS. The molecule has 0 aromatic carbocycles. The van der Waals surface area contributed by atoms with Crippen LogP contribution in [0.15, 0.2) is 12.1 Å². The summed E-state index contributed by atoms with van der Waals surface area (Å²) in [5.41, 5.74) is 0. The third-order valence-electron chi connectivity index (χ3n) is 2.97. The first-order chi connectivity index (χ1) is 8.25. The summed E-state index contributed by atoms with van der Waals surface area (Å²) in [4.78, 5) is 13.0. The lowest BCUT2D eigenvalue weighted by atomic mass is 9.99. The molecule has 1 fully saturated rings. The summed E-state index contributed by atoms with van der Waals surface area (Å²) in [5.74, 6) is 0.329. The molecule has 0 spiro atoms. The minimum Gasteiger partial charge on any atom is -0.355 e. The number of halogens is 2. The van der Waals surface area contributed by atoms with E-state index in [1.54, 1.807) is 11.3 Å². The maximum atomic E-state index is 11.8. The maximum absolute atomic E-state index is 11.8. The Kier molecular flexibility index (Phi) is 7.00. The van der Waals surface area contributed by atoms with Crippen molar-refractivity contribution in [3.8, 4) is 0 Å². The fourth-order valence-electron chi connectivity index (χ4n) is 2.01. The molecule has 2 heterocycles. The van der Waals surface area contributed by atoms with Crippen LogP contribution in [0.2, 0.25) is 4.34 Å². The molecule has 0 radical (unpaired) electrons. The third kappa shape index (κ3) is 4.76. The number of carbonyl (C=O) groups is 1. The van der Waals surface area contributed by atoms with Crippen LogP contribution in [0.25, 0.3) is 0 Å². The first kappa shape index (κ1) is 15.8. The van der Waals surface area contributed by atoms with E-state index in [1.807, 2.05) is 12.1 Å². The fourth-order valence-corrected chi connectivity index (χ4v) is 3.10. The van der Waals surface area contributed by atoms with Gasteiger partial charge in [0, 0.05) is 18.0 Å². The van der Waals surface area contributed by atoms with Crippen LogP contribution in [0.1, 0.15) is 17.7 Å². The molecule has 6 heteroatoms. The molecule has 1 aliphatic rings. The van der Waals surface area contributed by atoms with Gasteiger partial charge in [-0.05, 0) is 37.9 Å². The Morgan fingerprint density at radius 2 is 2.39 bits per heavy atom. The van der Waals surface area contributed by atoms with E-state index < -0.39 is 0 Å². The van der Waals surface area contributed by atoms with Crippen LogP contribution >= 0.6 is 35.3 Å². The molecule has 102 valence electrons. The second-order valence-electron chi connectivity index (χ2n) is 4.29. The van der Waals surface area contributed by atoms with Crippen molar-refractivity contribution in [2.75, 3.05) is 19.6 Å². The average molecular weight is 309 g/mol. The molecule has 1 aromatic rings. The highest BCUT2D eigenvalue weighted by molar-refractivity contribution is 7.16. The summed E-state index contributed by atoms with van der Waals surface area (Å²) < 4.78 is 0.808. The monoisotopic (exact) mass is 308 g/mol. The van der Waals surface area contributed by atoms with E-state index in [0.29, 0.717) is 6.54 Å². The zero-order chi connectivity index (χ0) is 12.1. The van der Waals surface area contributed by atoms with Crippen molar-refractivity contribution in [3.63, 3.8) is 0 Å². The quantitative estimate of drug-likeness (QED) is 0.897. The first-order valence-corrected chi connectivity index (χ1v) is 7.18. The van der Waals surface area contributed by atoms with E-state index >= 15 is 0 Å². The Morgan fingerprint density at radius 3 is 3.00 bits per heavy atom. The lowest BCUT2D eigenvalue weighted by molar-refractivity contribution is -0.125. The number of carbonyl (C=O) groups excluding carboxylic acids is 1. The van der Waals surface area contributed by atoms with Crippen molar-refractivity contribution in [3.05, 3.63) is 21.3 Å². The molecule has 0 bridgehead atoms. The van der Waals surface area contributed by atoms with Crippen molar-refractivity contribution < 1.29 is 4.79 Å². The van der Waals surface area contributed by atoms with Gasteiger partial charge in [0.05, 0.1) is 10.3 Å². The summed E-state index contributed by atoms with van der Waals surface area (Å²) in [6.45, 7) is 2.56. The van der Waals surface area contributed by atoms with Gasteiger partial charge in [0.15, 0.2) is 0 Å². The molecular weight excluding hydrogens is 291 g/mol. The number of thiophene rings is 1. The van der Waals surface area contributed by atoms with Gasteiger partial charge in [-0.2, -0.15) is 0 Å². The Hall–Kier alpha value is -0.290. The summed E-state index contributed by atoms with van der Waals surface area (Å²) >= 11 is 7.42. The van der Waals surface area contributed by atoms with Crippen LogP contribution in [-0.2, 0) is 11.2 Å². The topological polar surface area (TPSA) is 41.1 Å². The van der Waals surface area contributed by atoms with Crippen LogP contribution in [-0.4, -0.2) is 25.5 Å². The number of piperidine rings is 1. The van der Waals surface area contributed by atoms with Crippen molar-refractivity contribution in [2.45, 2.75) is 19.3 Å². The van der Waals surface area contributed by atoms with E-state index in [-0.39, 0.29) is 24.2 Å². The van der Waals surface area contributed by atoms with Crippen LogP contribution in [0, 0.1) is 5.92 Å². The Balaban J connectivity index is 0.00000162. The Labute approximate surface area is 123 Å². The van der Waals surface area contributed by atoms with E-state index in [0.717, 1.165) is 36.7 Å². The summed E-state index contributed by atoms with van der Waals surface area (Å²) in [6, 6.07) is 3.91. The molecule has 1 saturated heterocycles. The normalized spacial score (nSPS) is 19.1. The highest BCUT2D eigenvalue weighted by Gasteiger charge is 2.20. The molecule has 1 aromatic heterocycles.